The molecule has 31 heavy (non-hydrogen) atoms. The third kappa shape index (κ3) is 4.61. The highest BCUT2D eigenvalue weighted by Crippen LogP contribution is 2.36. The van der Waals surface area contributed by atoms with Gasteiger partial charge in [-0.15, -0.1) is 0 Å². The number of anilines is 3. The van der Waals surface area contributed by atoms with Gasteiger partial charge in [-0.3, -0.25) is 4.79 Å². The van der Waals surface area contributed by atoms with E-state index in [9.17, 15) is 9.59 Å². The minimum absolute atomic E-state index is 0.274. The molecular weight excluding hydrogens is 388 g/mol. The van der Waals surface area contributed by atoms with E-state index >= 15 is 0 Å². The smallest absolute Gasteiger partial charge is 0.340 e. The number of rotatable bonds is 4. The van der Waals surface area contributed by atoms with Crippen LogP contribution in [0.1, 0.15) is 47.1 Å². The average Bonchev–Trinajstić information content (AvgIpc) is 3.17. The minimum atomic E-state index is -0.635. The molecule has 0 aliphatic carbocycles. The van der Waals surface area contributed by atoms with Crippen molar-refractivity contribution in [1.82, 2.24) is 0 Å². The third-order valence-corrected chi connectivity index (χ3v) is 5.10. The number of hydrogen-bond acceptors (Lipinski definition) is 4. The van der Waals surface area contributed by atoms with E-state index in [1.54, 1.807) is 30.3 Å². The summed E-state index contributed by atoms with van der Waals surface area (Å²) in [5.74, 6) is -0.742. The molecule has 5 nitrogen and oxygen atoms in total. The first kappa shape index (κ1) is 20.7. The summed E-state index contributed by atoms with van der Waals surface area (Å²) < 4.78 is 5.57. The fourth-order valence-corrected chi connectivity index (χ4v) is 3.71. The zero-order valence-electron chi connectivity index (χ0n) is 18.0. The molecule has 3 aromatic rings. The van der Waals surface area contributed by atoms with E-state index in [4.69, 9.17) is 4.74 Å². The lowest BCUT2D eigenvalue weighted by atomic mass is 10.1. The van der Waals surface area contributed by atoms with E-state index in [2.05, 4.69) is 22.3 Å². The Balaban J connectivity index is 1.71. The molecule has 0 saturated carbocycles. The molecule has 0 unspecified atom stereocenters. The van der Waals surface area contributed by atoms with Gasteiger partial charge in [0.15, 0.2) is 0 Å². The molecule has 0 aromatic heterocycles. The lowest BCUT2D eigenvalue weighted by Crippen LogP contribution is -2.25. The molecule has 0 spiro atoms. The monoisotopic (exact) mass is 414 g/mol. The minimum Gasteiger partial charge on any atom is -0.456 e. The number of ether oxygens (including phenoxy) is 1. The van der Waals surface area contributed by atoms with Crippen molar-refractivity contribution >= 4 is 28.9 Å². The maximum atomic E-state index is 12.8. The van der Waals surface area contributed by atoms with Crippen molar-refractivity contribution in [3.8, 4) is 0 Å². The number of para-hydroxylation sites is 1. The van der Waals surface area contributed by atoms with Crippen LogP contribution >= 0.6 is 0 Å². The van der Waals surface area contributed by atoms with Gasteiger partial charge >= 0.3 is 5.97 Å². The lowest BCUT2D eigenvalue weighted by Gasteiger charge is -2.23. The molecule has 5 heteroatoms. The quantitative estimate of drug-likeness (QED) is 0.566. The Morgan fingerprint density at radius 2 is 1.65 bits per heavy atom. The van der Waals surface area contributed by atoms with Gasteiger partial charge in [0.05, 0.1) is 11.3 Å². The molecule has 0 fully saturated rings. The summed E-state index contributed by atoms with van der Waals surface area (Å²) in [6, 6.07) is 22.7. The summed E-state index contributed by atoms with van der Waals surface area (Å²) in [5.41, 5.74) is 4.00. The first-order chi connectivity index (χ1) is 14.8. The number of amides is 1. The Morgan fingerprint density at radius 3 is 2.39 bits per heavy atom. The van der Waals surface area contributed by atoms with E-state index in [-0.39, 0.29) is 5.91 Å². The SMILES string of the molecule is CC(C)(C)OC(=O)c1ccc(N2CCc3ccccc32)cc1NC(=O)c1ccccc1. The predicted molar refractivity (Wildman–Crippen MR) is 123 cm³/mol. The second-order valence-electron chi connectivity index (χ2n) is 8.58. The van der Waals surface area contributed by atoms with Crippen LogP contribution < -0.4 is 10.2 Å². The number of nitrogens with zero attached hydrogens (tertiary/aromatic N) is 1. The average molecular weight is 415 g/mol. The number of nitrogens with one attached hydrogen (secondary N) is 1. The predicted octanol–water partition coefficient (Wildman–Crippen LogP) is 5.59. The van der Waals surface area contributed by atoms with Crippen LogP contribution in [0.15, 0.2) is 72.8 Å². The maximum Gasteiger partial charge on any atom is 0.340 e. The standard InChI is InChI=1S/C26H26N2O3/c1-26(2,3)31-25(30)21-14-13-20(28-16-15-18-9-7-8-12-23(18)28)17-22(21)27-24(29)19-10-5-4-6-11-19/h4-14,17H,15-16H2,1-3H3,(H,27,29). The second-order valence-corrected chi connectivity index (χ2v) is 8.58. The number of fused-ring (bicyclic) bond motifs is 1. The molecule has 4 rings (SSSR count). The zero-order chi connectivity index (χ0) is 22.0. The van der Waals surface area contributed by atoms with Gasteiger partial charge in [0.25, 0.3) is 5.91 Å². The highest BCUT2D eigenvalue weighted by Gasteiger charge is 2.25. The van der Waals surface area contributed by atoms with Crippen LogP contribution in [-0.4, -0.2) is 24.0 Å². The van der Waals surface area contributed by atoms with Crippen LogP contribution in [0.25, 0.3) is 0 Å². The zero-order valence-corrected chi connectivity index (χ0v) is 18.0. The summed E-state index contributed by atoms with van der Waals surface area (Å²) in [6.45, 7) is 6.31. The van der Waals surface area contributed by atoms with Crippen molar-refractivity contribution in [2.24, 2.45) is 0 Å². The lowest BCUT2D eigenvalue weighted by molar-refractivity contribution is 0.00708. The highest BCUT2D eigenvalue weighted by molar-refractivity contribution is 6.08. The summed E-state index contributed by atoms with van der Waals surface area (Å²) in [4.78, 5) is 27.9. The van der Waals surface area contributed by atoms with Gasteiger partial charge in [-0.2, -0.15) is 0 Å². The number of hydrogen-bond donors (Lipinski definition) is 1. The van der Waals surface area contributed by atoms with Crippen LogP contribution in [0, 0.1) is 0 Å². The third-order valence-electron chi connectivity index (χ3n) is 5.10. The number of benzene rings is 3. The van der Waals surface area contributed by atoms with Gasteiger partial charge in [0.1, 0.15) is 5.60 Å². The Hall–Kier alpha value is -3.60. The van der Waals surface area contributed by atoms with Crippen LogP contribution in [0.3, 0.4) is 0 Å². The first-order valence-corrected chi connectivity index (χ1v) is 10.4. The topological polar surface area (TPSA) is 58.6 Å². The molecule has 1 amide bonds. The molecule has 158 valence electrons. The first-order valence-electron chi connectivity index (χ1n) is 10.4. The Morgan fingerprint density at radius 1 is 0.935 bits per heavy atom. The molecule has 0 bridgehead atoms. The molecule has 1 aliphatic rings. The van der Waals surface area contributed by atoms with Crippen molar-refractivity contribution in [3.63, 3.8) is 0 Å². The van der Waals surface area contributed by atoms with Gasteiger partial charge in [0, 0.05) is 23.5 Å². The second kappa shape index (κ2) is 8.26. The van der Waals surface area contributed by atoms with Gasteiger partial charge in [-0.05, 0) is 69.2 Å². The van der Waals surface area contributed by atoms with E-state index in [1.807, 2.05) is 51.1 Å². The summed E-state index contributed by atoms with van der Waals surface area (Å²) >= 11 is 0. The highest BCUT2D eigenvalue weighted by atomic mass is 16.6. The van der Waals surface area contributed by atoms with E-state index in [0.717, 1.165) is 24.3 Å². The van der Waals surface area contributed by atoms with Gasteiger partial charge in [0.2, 0.25) is 0 Å². The number of esters is 1. The largest absolute Gasteiger partial charge is 0.456 e. The van der Waals surface area contributed by atoms with Gasteiger partial charge in [-0.1, -0.05) is 36.4 Å². The maximum absolute atomic E-state index is 12.8. The molecule has 0 atom stereocenters. The van der Waals surface area contributed by atoms with Gasteiger partial charge < -0.3 is 15.0 Å². The van der Waals surface area contributed by atoms with Crippen molar-refractivity contribution in [2.45, 2.75) is 32.8 Å². The van der Waals surface area contributed by atoms with Crippen LogP contribution in [-0.2, 0) is 11.2 Å². The molecule has 0 radical (unpaired) electrons. The fourth-order valence-electron chi connectivity index (χ4n) is 3.71. The number of carbonyl (C=O) groups is 2. The van der Waals surface area contributed by atoms with Crippen molar-refractivity contribution in [3.05, 3.63) is 89.5 Å². The molecule has 3 aromatic carbocycles. The Bertz CT molecular complexity index is 1120. The molecule has 1 N–H and O–H groups in total. The summed E-state index contributed by atoms with van der Waals surface area (Å²) in [5, 5.41) is 2.91. The Kier molecular flexibility index (Phi) is 5.51. The van der Waals surface area contributed by atoms with Crippen molar-refractivity contribution in [1.29, 1.82) is 0 Å². The van der Waals surface area contributed by atoms with E-state index in [1.165, 1.54) is 5.56 Å². The van der Waals surface area contributed by atoms with Gasteiger partial charge in [-0.25, -0.2) is 4.79 Å². The molecule has 0 saturated heterocycles. The Labute approximate surface area is 182 Å². The van der Waals surface area contributed by atoms with Crippen LogP contribution in [0.2, 0.25) is 0 Å². The van der Waals surface area contributed by atoms with Crippen LogP contribution in [0.4, 0.5) is 17.1 Å². The molecule has 1 heterocycles. The summed E-state index contributed by atoms with van der Waals surface area (Å²) in [7, 11) is 0. The summed E-state index contributed by atoms with van der Waals surface area (Å²) in [6.07, 6.45) is 0.954. The molecular formula is C26H26N2O3. The van der Waals surface area contributed by atoms with Crippen molar-refractivity contribution < 1.29 is 14.3 Å². The fraction of sp³-hybridized carbons (Fsp3) is 0.231. The normalized spacial score (nSPS) is 12.9. The van der Waals surface area contributed by atoms with E-state index in [0.29, 0.717) is 16.8 Å². The van der Waals surface area contributed by atoms with Crippen LogP contribution in [0.5, 0.6) is 0 Å². The van der Waals surface area contributed by atoms with Crippen molar-refractivity contribution in [2.75, 3.05) is 16.8 Å². The molecule has 1 aliphatic heterocycles. The number of carbonyl (C=O) groups excluding carboxylic acids is 2. The van der Waals surface area contributed by atoms with E-state index < -0.39 is 11.6 Å².